The van der Waals surface area contributed by atoms with Crippen molar-refractivity contribution in [2.24, 2.45) is 0 Å². The molecule has 3 nitrogen and oxygen atoms in total. The van der Waals surface area contributed by atoms with Crippen LogP contribution in [0.2, 0.25) is 0 Å². The van der Waals surface area contributed by atoms with E-state index < -0.39 is 11.6 Å². The van der Waals surface area contributed by atoms with Gasteiger partial charge in [0, 0.05) is 25.2 Å². The zero-order valence-electron chi connectivity index (χ0n) is 15.5. The van der Waals surface area contributed by atoms with Gasteiger partial charge in [0.25, 0.3) is 5.91 Å². The van der Waals surface area contributed by atoms with Crippen molar-refractivity contribution < 1.29 is 13.6 Å². The van der Waals surface area contributed by atoms with E-state index in [9.17, 15) is 13.6 Å². The molecule has 0 aliphatic carbocycles. The first kappa shape index (κ1) is 19.8. The van der Waals surface area contributed by atoms with Crippen LogP contribution >= 0.6 is 27.3 Å². The van der Waals surface area contributed by atoms with E-state index in [0.717, 1.165) is 25.6 Å². The van der Waals surface area contributed by atoms with Gasteiger partial charge in [0.1, 0.15) is 17.3 Å². The zero-order valence-corrected chi connectivity index (χ0v) is 17.9. The van der Waals surface area contributed by atoms with E-state index in [1.54, 1.807) is 16.5 Å². The Bertz CT molecular complexity index is 1190. The highest BCUT2D eigenvalue weighted by Gasteiger charge is 2.21. The predicted molar refractivity (Wildman–Crippen MR) is 115 cm³/mol. The molecule has 0 atom stereocenters. The summed E-state index contributed by atoms with van der Waals surface area (Å²) in [5.74, 6) is -1.41. The highest BCUT2D eigenvalue weighted by molar-refractivity contribution is 9.11. The summed E-state index contributed by atoms with van der Waals surface area (Å²) in [6, 6.07) is 17.0. The minimum Gasteiger partial charge on any atom is -0.336 e. The molecule has 0 spiro atoms. The molecule has 1 amide bonds. The number of rotatable bonds is 5. The summed E-state index contributed by atoms with van der Waals surface area (Å²) in [5.41, 5.74) is 2.66. The van der Waals surface area contributed by atoms with Crippen molar-refractivity contribution in [1.82, 2.24) is 9.47 Å². The highest BCUT2D eigenvalue weighted by atomic mass is 79.9. The van der Waals surface area contributed by atoms with E-state index in [1.165, 1.54) is 23.5 Å². The van der Waals surface area contributed by atoms with Crippen molar-refractivity contribution in [1.29, 1.82) is 0 Å². The first-order valence-electron chi connectivity index (χ1n) is 8.94. The standard InChI is InChI=1S/C22H17BrF2N2OS/c1-26(12-14-5-3-2-4-6-14)22(28)19-10-20-18(11-21(23)29-20)27(19)13-15-7-8-16(24)9-17(15)25/h2-11H,12-13H2,1H3. The van der Waals surface area contributed by atoms with Gasteiger partial charge in [0.2, 0.25) is 0 Å². The molecule has 148 valence electrons. The average Bonchev–Trinajstić information content (AvgIpc) is 3.21. The van der Waals surface area contributed by atoms with Crippen molar-refractivity contribution in [3.63, 3.8) is 0 Å². The fourth-order valence-corrected chi connectivity index (χ4v) is 4.87. The quantitative estimate of drug-likeness (QED) is 0.344. The summed E-state index contributed by atoms with van der Waals surface area (Å²) < 4.78 is 31.2. The van der Waals surface area contributed by atoms with E-state index >= 15 is 0 Å². The Balaban J connectivity index is 1.71. The number of amides is 1. The third-order valence-electron chi connectivity index (χ3n) is 4.73. The van der Waals surface area contributed by atoms with Crippen LogP contribution in [0.15, 0.2) is 64.5 Å². The number of thiophene rings is 1. The fourth-order valence-electron chi connectivity index (χ4n) is 3.30. The molecule has 29 heavy (non-hydrogen) atoms. The van der Waals surface area contributed by atoms with Gasteiger partial charge in [-0.15, -0.1) is 11.3 Å². The summed E-state index contributed by atoms with van der Waals surface area (Å²) in [6.45, 7) is 0.603. The SMILES string of the molecule is CN(Cc1ccccc1)C(=O)c1cc2sc(Br)cc2n1Cc1ccc(F)cc1F. The number of carbonyl (C=O) groups is 1. The van der Waals surface area contributed by atoms with Gasteiger partial charge in [0.05, 0.1) is 20.5 Å². The van der Waals surface area contributed by atoms with Gasteiger partial charge in [-0.25, -0.2) is 8.78 Å². The maximum atomic E-state index is 14.3. The van der Waals surface area contributed by atoms with Gasteiger partial charge >= 0.3 is 0 Å². The van der Waals surface area contributed by atoms with Crippen LogP contribution in [0.1, 0.15) is 21.6 Å². The topological polar surface area (TPSA) is 25.2 Å². The highest BCUT2D eigenvalue weighted by Crippen LogP contribution is 2.33. The fraction of sp³-hybridized carbons (Fsp3) is 0.136. The van der Waals surface area contributed by atoms with Crippen molar-refractivity contribution in [3.05, 3.63) is 92.9 Å². The summed E-state index contributed by atoms with van der Waals surface area (Å²) in [4.78, 5) is 14.8. The lowest BCUT2D eigenvalue weighted by Crippen LogP contribution is -2.28. The number of carbonyl (C=O) groups excluding carboxylic acids is 1. The van der Waals surface area contributed by atoms with Gasteiger partial charge in [-0.05, 0) is 39.7 Å². The predicted octanol–water partition coefficient (Wildman–Crippen LogP) is 6.06. The van der Waals surface area contributed by atoms with Crippen LogP contribution in [0.3, 0.4) is 0 Å². The molecule has 4 aromatic rings. The summed E-state index contributed by atoms with van der Waals surface area (Å²) in [6.07, 6.45) is 0. The van der Waals surface area contributed by atoms with Crippen molar-refractivity contribution in [2.75, 3.05) is 7.05 Å². The van der Waals surface area contributed by atoms with Crippen LogP contribution in [-0.4, -0.2) is 22.4 Å². The Labute approximate surface area is 179 Å². The second kappa shape index (κ2) is 8.08. The first-order chi connectivity index (χ1) is 13.9. The molecule has 0 radical (unpaired) electrons. The third-order valence-corrected chi connectivity index (χ3v) is 6.31. The number of aromatic nitrogens is 1. The molecule has 2 heterocycles. The van der Waals surface area contributed by atoms with Gasteiger partial charge in [0.15, 0.2) is 0 Å². The van der Waals surface area contributed by atoms with Crippen LogP contribution in [0.4, 0.5) is 8.78 Å². The molecule has 0 aliphatic heterocycles. The lowest BCUT2D eigenvalue weighted by molar-refractivity contribution is 0.0775. The normalized spacial score (nSPS) is 11.2. The number of fused-ring (bicyclic) bond motifs is 1. The number of hydrogen-bond acceptors (Lipinski definition) is 2. The summed E-state index contributed by atoms with van der Waals surface area (Å²) >= 11 is 4.98. The molecule has 0 saturated carbocycles. The van der Waals surface area contributed by atoms with Crippen LogP contribution in [0.5, 0.6) is 0 Å². The molecule has 0 saturated heterocycles. The van der Waals surface area contributed by atoms with Crippen LogP contribution in [0.25, 0.3) is 10.2 Å². The lowest BCUT2D eigenvalue weighted by atomic mass is 10.2. The molecule has 4 rings (SSSR count). The smallest absolute Gasteiger partial charge is 0.270 e. The zero-order chi connectivity index (χ0) is 20.5. The average molecular weight is 475 g/mol. The minimum absolute atomic E-state index is 0.138. The first-order valence-corrected chi connectivity index (χ1v) is 10.5. The van der Waals surface area contributed by atoms with Gasteiger partial charge < -0.3 is 9.47 Å². The van der Waals surface area contributed by atoms with Gasteiger partial charge in [-0.3, -0.25) is 4.79 Å². The molecular formula is C22H17BrF2N2OS. The Morgan fingerprint density at radius 3 is 2.59 bits per heavy atom. The van der Waals surface area contributed by atoms with Gasteiger partial charge in [-0.2, -0.15) is 0 Å². The molecule has 2 aromatic heterocycles. The Morgan fingerprint density at radius 2 is 1.86 bits per heavy atom. The summed E-state index contributed by atoms with van der Waals surface area (Å²) in [5, 5.41) is 0. The molecule has 0 aliphatic rings. The van der Waals surface area contributed by atoms with Crippen LogP contribution in [-0.2, 0) is 13.1 Å². The number of hydrogen-bond donors (Lipinski definition) is 0. The van der Waals surface area contributed by atoms with Gasteiger partial charge in [-0.1, -0.05) is 36.4 Å². The van der Waals surface area contributed by atoms with Crippen molar-refractivity contribution >= 4 is 43.4 Å². The van der Waals surface area contributed by atoms with Crippen molar-refractivity contribution in [2.45, 2.75) is 13.1 Å². The summed E-state index contributed by atoms with van der Waals surface area (Å²) in [7, 11) is 1.75. The van der Waals surface area contributed by atoms with Crippen LogP contribution in [0, 0.1) is 11.6 Å². The Hall–Kier alpha value is -2.51. The second-order valence-electron chi connectivity index (χ2n) is 6.80. The largest absolute Gasteiger partial charge is 0.336 e. The molecule has 0 bridgehead atoms. The maximum absolute atomic E-state index is 14.3. The molecule has 2 aromatic carbocycles. The third kappa shape index (κ3) is 4.11. The van der Waals surface area contributed by atoms with Crippen molar-refractivity contribution in [3.8, 4) is 0 Å². The Morgan fingerprint density at radius 1 is 1.10 bits per heavy atom. The monoisotopic (exact) mass is 474 g/mol. The number of nitrogens with zero attached hydrogens (tertiary/aromatic N) is 2. The molecule has 7 heteroatoms. The second-order valence-corrected chi connectivity index (χ2v) is 9.26. The van der Waals surface area contributed by atoms with E-state index in [2.05, 4.69) is 15.9 Å². The van der Waals surface area contributed by atoms with E-state index in [4.69, 9.17) is 0 Å². The maximum Gasteiger partial charge on any atom is 0.270 e. The lowest BCUT2D eigenvalue weighted by Gasteiger charge is -2.19. The van der Waals surface area contributed by atoms with Crippen LogP contribution < -0.4 is 0 Å². The minimum atomic E-state index is -0.628. The Kier molecular flexibility index (Phi) is 5.52. The molecule has 0 fully saturated rings. The number of halogens is 3. The molecule has 0 unspecified atom stereocenters. The molecular weight excluding hydrogens is 458 g/mol. The molecule has 0 N–H and O–H groups in total. The van der Waals surface area contributed by atoms with E-state index in [0.29, 0.717) is 17.8 Å². The van der Waals surface area contributed by atoms with E-state index in [-0.39, 0.29) is 12.5 Å². The number of benzene rings is 2. The van der Waals surface area contributed by atoms with E-state index in [1.807, 2.05) is 42.5 Å².